The van der Waals surface area contributed by atoms with Gasteiger partial charge in [0.15, 0.2) is 28.8 Å². The number of fused-ring (bicyclic) bond motifs is 1. The normalized spacial score (nSPS) is 17.6. The topological polar surface area (TPSA) is 78.1 Å². The number of Topliss-reactive ketones (excluding diaryl/α,β-unsaturated/α-hetero) is 1. The molecule has 0 bridgehead atoms. The second-order valence-corrected chi connectivity index (χ2v) is 10.5. The van der Waals surface area contributed by atoms with Crippen molar-refractivity contribution in [2.24, 2.45) is 0 Å². The van der Waals surface area contributed by atoms with E-state index in [9.17, 15) is 4.79 Å². The Morgan fingerprint density at radius 3 is 2.10 bits per heavy atom. The quantitative estimate of drug-likeness (QED) is 0.234. The van der Waals surface area contributed by atoms with E-state index in [0.717, 1.165) is 39.3 Å². The van der Waals surface area contributed by atoms with E-state index in [0.29, 0.717) is 42.4 Å². The van der Waals surface area contributed by atoms with E-state index in [2.05, 4.69) is 10.6 Å². The number of ether oxygens (including phenoxy) is 4. The average molecular weight is 563 g/mol. The number of methoxy groups -OCH3 is 3. The molecule has 4 aromatic carbocycles. The Labute approximate surface area is 246 Å². The van der Waals surface area contributed by atoms with Gasteiger partial charge in [-0.25, -0.2) is 0 Å². The Balaban J connectivity index is 1.36. The number of carbonyl (C=O) groups excluding carboxylic acids is 1. The molecule has 0 aromatic heterocycles. The second-order valence-electron chi connectivity index (χ2n) is 10.5. The van der Waals surface area contributed by atoms with Crippen molar-refractivity contribution in [3.8, 4) is 23.0 Å². The van der Waals surface area contributed by atoms with Gasteiger partial charge in [-0.15, -0.1) is 0 Å². The monoisotopic (exact) mass is 562 g/mol. The molecule has 1 aliphatic heterocycles. The molecule has 0 fully saturated rings. The van der Waals surface area contributed by atoms with Crippen molar-refractivity contribution in [1.29, 1.82) is 0 Å². The van der Waals surface area contributed by atoms with Crippen molar-refractivity contribution in [1.82, 2.24) is 0 Å². The van der Waals surface area contributed by atoms with Crippen LogP contribution in [0.15, 0.2) is 102 Å². The zero-order valence-electron chi connectivity index (χ0n) is 24.0. The van der Waals surface area contributed by atoms with E-state index in [1.54, 1.807) is 21.3 Å². The van der Waals surface area contributed by atoms with Crippen LogP contribution in [0.25, 0.3) is 0 Å². The molecule has 0 spiro atoms. The molecule has 0 saturated heterocycles. The third-order valence-electron chi connectivity index (χ3n) is 7.95. The highest BCUT2D eigenvalue weighted by atomic mass is 16.5. The lowest BCUT2D eigenvalue weighted by atomic mass is 9.78. The van der Waals surface area contributed by atoms with Crippen molar-refractivity contribution < 1.29 is 23.7 Å². The van der Waals surface area contributed by atoms with Crippen LogP contribution in [0.3, 0.4) is 0 Å². The van der Waals surface area contributed by atoms with E-state index >= 15 is 0 Å². The molecule has 2 atom stereocenters. The van der Waals surface area contributed by atoms with E-state index in [1.165, 1.54) is 0 Å². The van der Waals surface area contributed by atoms with Crippen LogP contribution in [0.4, 0.5) is 11.4 Å². The van der Waals surface area contributed by atoms with Gasteiger partial charge >= 0.3 is 0 Å². The van der Waals surface area contributed by atoms with Gasteiger partial charge in [0.25, 0.3) is 0 Å². The molecule has 7 heteroatoms. The molecule has 6 rings (SSSR count). The maximum atomic E-state index is 14.0. The Bertz CT molecular complexity index is 1630. The van der Waals surface area contributed by atoms with Gasteiger partial charge in [0.2, 0.25) is 0 Å². The maximum absolute atomic E-state index is 14.0. The maximum Gasteiger partial charge on any atom is 0.163 e. The minimum atomic E-state index is -0.368. The summed E-state index contributed by atoms with van der Waals surface area (Å²) in [6, 6.07) is 29.5. The zero-order chi connectivity index (χ0) is 29.1. The SMILES string of the molecule is COc1ccc([C@H]2CC(=O)C3=C(C2)Nc2ccccc2N[C@H]3c2ccc(OCc3ccccc3)c(OC)c2)cc1OC. The van der Waals surface area contributed by atoms with Crippen LogP contribution in [0.1, 0.15) is 41.5 Å². The second kappa shape index (κ2) is 11.9. The molecule has 1 heterocycles. The van der Waals surface area contributed by atoms with Gasteiger partial charge in [-0.2, -0.15) is 0 Å². The minimum absolute atomic E-state index is 0.00207. The molecule has 2 N–H and O–H groups in total. The Hall–Kier alpha value is -4.91. The molecule has 0 saturated carbocycles. The molecule has 0 amide bonds. The highest BCUT2D eigenvalue weighted by molar-refractivity contribution is 6.01. The fourth-order valence-corrected chi connectivity index (χ4v) is 5.80. The first-order valence-corrected chi connectivity index (χ1v) is 14.0. The fraction of sp³-hybridized carbons (Fsp3) is 0.229. The van der Waals surface area contributed by atoms with Crippen LogP contribution in [0.2, 0.25) is 0 Å². The smallest absolute Gasteiger partial charge is 0.163 e. The lowest BCUT2D eigenvalue weighted by molar-refractivity contribution is -0.116. The number of para-hydroxylation sites is 2. The summed E-state index contributed by atoms with van der Waals surface area (Å²) in [7, 11) is 4.88. The molecular formula is C35H34N2O5. The van der Waals surface area contributed by atoms with Crippen molar-refractivity contribution >= 4 is 17.2 Å². The molecule has 2 aliphatic rings. The molecular weight excluding hydrogens is 528 g/mol. The van der Waals surface area contributed by atoms with Crippen LogP contribution < -0.4 is 29.6 Å². The van der Waals surface area contributed by atoms with Crippen LogP contribution in [0, 0.1) is 0 Å². The Morgan fingerprint density at radius 2 is 1.33 bits per heavy atom. The first kappa shape index (κ1) is 27.3. The summed E-state index contributed by atoms with van der Waals surface area (Å²) in [5, 5.41) is 7.25. The number of hydrogen-bond acceptors (Lipinski definition) is 7. The number of nitrogens with one attached hydrogen (secondary N) is 2. The third-order valence-corrected chi connectivity index (χ3v) is 7.95. The lowest BCUT2D eigenvalue weighted by Gasteiger charge is -2.30. The summed E-state index contributed by atoms with van der Waals surface area (Å²) in [5.41, 5.74) is 6.54. The highest BCUT2D eigenvalue weighted by Gasteiger charge is 2.36. The van der Waals surface area contributed by atoms with Crippen molar-refractivity contribution in [3.63, 3.8) is 0 Å². The molecule has 214 valence electrons. The van der Waals surface area contributed by atoms with Crippen molar-refractivity contribution in [3.05, 3.63) is 119 Å². The Kier molecular flexibility index (Phi) is 7.73. The summed E-state index contributed by atoms with van der Waals surface area (Å²) in [6.45, 7) is 0.431. The predicted octanol–water partition coefficient (Wildman–Crippen LogP) is 7.27. The molecule has 7 nitrogen and oxygen atoms in total. The van der Waals surface area contributed by atoms with Gasteiger partial charge in [0.1, 0.15) is 6.61 Å². The first-order chi connectivity index (χ1) is 20.6. The summed E-state index contributed by atoms with van der Waals surface area (Å²) in [4.78, 5) is 14.0. The highest BCUT2D eigenvalue weighted by Crippen LogP contribution is 2.46. The van der Waals surface area contributed by atoms with Gasteiger partial charge in [-0.05, 0) is 65.4 Å². The molecule has 0 unspecified atom stereocenters. The van der Waals surface area contributed by atoms with Gasteiger partial charge in [0.05, 0.1) is 38.7 Å². The fourth-order valence-electron chi connectivity index (χ4n) is 5.80. The van der Waals surface area contributed by atoms with E-state index in [1.807, 2.05) is 91.0 Å². The van der Waals surface area contributed by atoms with E-state index in [-0.39, 0.29) is 17.7 Å². The molecule has 4 aromatic rings. The first-order valence-electron chi connectivity index (χ1n) is 14.0. The number of anilines is 2. The lowest BCUT2D eigenvalue weighted by Crippen LogP contribution is -2.27. The van der Waals surface area contributed by atoms with E-state index in [4.69, 9.17) is 18.9 Å². The van der Waals surface area contributed by atoms with Crippen LogP contribution in [-0.4, -0.2) is 27.1 Å². The van der Waals surface area contributed by atoms with Crippen molar-refractivity contribution in [2.45, 2.75) is 31.4 Å². The number of rotatable bonds is 8. The third kappa shape index (κ3) is 5.38. The van der Waals surface area contributed by atoms with Gasteiger partial charge in [0, 0.05) is 17.7 Å². The number of allylic oxidation sites excluding steroid dienone is 1. The van der Waals surface area contributed by atoms with Crippen LogP contribution in [-0.2, 0) is 11.4 Å². The van der Waals surface area contributed by atoms with Gasteiger partial charge in [-0.1, -0.05) is 54.6 Å². The van der Waals surface area contributed by atoms with Crippen molar-refractivity contribution in [2.75, 3.05) is 32.0 Å². The molecule has 1 aliphatic carbocycles. The number of hydrogen-bond donors (Lipinski definition) is 2. The Morgan fingerprint density at radius 1 is 0.690 bits per heavy atom. The summed E-state index contributed by atoms with van der Waals surface area (Å²) >= 11 is 0. The van der Waals surface area contributed by atoms with Gasteiger partial charge in [-0.3, -0.25) is 4.79 Å². The number of benzene rings is 4. The van der Waals surface area contributed by atoms with E-state index < -0.39 is 0 Å². The van der Waals surface area contributed by atoms with Crippen LogP contribution >= 0.6 is 0 Å². The minimum Gasteiger partial charge on any atom is -0.493 e. The largest absolute Gasteiger partial charge is 0.493 e. The van der Waals surface area contributed by atoms with Crippen LogP contribution in [0.5, 0.6) is 23.0 Å². The standard InChI is InChI=1S/C35H34N2O5/c1-39-30-15-13-23(19-32(30)40-2)25-17-28-34(29(38)18-25)35(37-27-12-8-7-11-26(27)36-28)24-14-16-31(33(20-24)41-3)42-21-22-9-5-4-6-10-22/h4-16,19-20,25,35-37H,17-18,21H2,1-3H3/t25-,35+/m1/s1. The summed E-state index contributed by atoms with van der Waals surface area (Å²) in [6.07, 6.45) is 1.07. The predicted molar refractivity (Wildman–Crippen MR) is 164 cm³/mol. The number of ketones is 1. The summed E-state index contributed by atoms with van der Waals surface area (Å²) in [5.74, 6) is 2.68. The molecule has 42 heavy (non-hydrogen) atoms. The van der Waals surface area contributed by atoms with Gasteiger partial charge < -0.3 is 29.6 Å². The number of carbonyl (C=O) groups is 1. The zero-order valence-corrected chi connectivity index (χ0v) is 24.0. The summed E-state index contributed by atoms with van der Waals surface area (Å²) < 4.78 is 22.8. The molecule has 0 radical (unpaired) electrons. The average Bonchev–Trinajstić information content (AvgIpc) is 3.21.